The molecule has 0 saturated carbocycles. The smallest absolute Gasteiger partial charge is 0.165 e. The molecule has 1 aliphatic rings. The van der Waals surface area contributed by atoms with Crippen molar-refractivity contribution in [2.24, 2.45) is 5.92 Å². The van der Waals surface area contributed by atoms with Crippen molar-refractivity contribution in [3.8, 4) is 5.75 Å². The molecule has 4 heteroatoms. The van der Waals surface area contributed by atoms with Crippen molar-refractivity contribution >= 4 is 5.78 Å². The Bertz CT molecular complexity index is 428. The third-order valence-corrected chi connectivity index (χ3v) is 3.19. The maximum atomic E-state index is 13.6. The van der Waals surface area contributed by atoms with Gasteiger partial charge in [0.1, 0.15) is 0 Å². The average molecular weight is 251 g/mol. The van der Waals surface area contributed by atoms with E-state index in [9.17, 15) is 9.18 Å². The molecule has 1 atom stereocenters. The molecule has 1 N–H and O–H groups in total. The van der Waals surface area contributed by atoms with Gasteiger partial charge in [-0.1, -0.05) is 0 Å². The lowest BCUT2D eigenvalue weighted by atomic mass is 9.97. The highest BCUT2D eigenvalue weighted by Gasteiger charge is 2.19. The highest BCUT2D eigenvalue weighted by atomic mass is 19.1. The van der Waals surface area contributed by atoms with Crippen molar-refractivity contribution < 1.29 is 13.9 Å². The number of ketones is 1. The molecule has 98 valence electrons. The minimum Gasteiger partial charge on any atom is -0.491 e. The molecule has 0 aliphatic carbocycles. The number of hydrogen-bond donors (Lipinski definition) is 1. The van der Waals surface area contributed by atoms with Crippen LogP contribution < -0.4 is 10.1 Å². The third kappa shape index (κ3) is 3.07. The summed E-state index contributed by atoms with van der Waals surface area (Å²) in [7, 11) is 0. The lowest BCUT2D eigenvalue weighted by Gasteiger charge is -2.09. The second-order valence-corrected chi connectivity index (χ2v) is 4.56. The van der Waals surface area contributed by atoms with E-state index in [1.165, 1.54) is 12.1 Å². The van der Waals surface area contributed by atoms with E-state index in [1.54, 1.807) is 13.0 Å². The summed E-state index contributed by atoms with van der Waals surface area (Å²) in [6, 6.07) is 4.44. The molecule has 1 saturated heterocycles. The zero-order valence-electron chi connectivity index (χ0n) is 10.5. The Morgan fingerprint density at radius 3 is 3.00 bits per heavy atom. The molecule has 1 fully saturated rings. The van der Waals surface area contributed by atoms with Crippen LogP contribution in [0.5, 0.6) is 5.75 Å². The normalized spacial score (nSPS) is 18.9. The van der Waals surface area contributed by atoms with Crippen LogP contribution in [-0.4, -0.2) is 25.5 Å². The second-order valence-electron chi connectivity index (χ2n) is 4.56. The van der Waals surface area contributed by atoms with Gasteiger partial charge in [0.25, 0.3) is 0 Å². The summed E-state index contributed by atoms with van der Waals surface area (Å²) in [5.41, 5.74) is 0.433. The molecule has 3 nitrogen and oxygen atoms in total. The lowest BCUT2D eigenvalue weighted by Crippen LogP contribution is -2.13. The van der Waals surface area contributed by atoms with Gasteiger partial charge in [-0.05, 0) is 50.6 Å². The fourth-order valence-corrected chi connectivity index (χ4v) is 2.22. The van der Waals surface area contributed by atoms with Crippen LogP contribution >= 0.6 is 0 Å². The largest absolute Gasteiger partial charge is 0.491 e. The van der Waals surface area contributed by atoms with E-state index in [1.807, 2.05) is 0 Å². The first-order valence-electron chi connectivity index (χ1n) is 6.37. The van der Waals surface area contributed by atoms with Crippen molar-refractivity contribution in [2.45, 2.75) is 19.8 Å². The van der Waals surface area contributed by atoms with Crippen molar-refractivity contribution in [3.05, 3.63) is 29.6 Å². The zero-order valence-corrected chi connectivity index (χ0v) is 10.5. The minimum atomic E-state index is -0.466. The molecule has 0 spiro atoms. The van der Waals surface area contributed by atoms with Crippen molar-refractivity contribution in [1.29, 1.82) is 0 Å². The van der Waals surface area contributed by atoms with Gasteiger partial charge in [-0.15, -0.1) is 0 Å². The van der Waals surface area contributed by atoms with Crippen molar-refractivity contribution in [3.63, 3.8) is 0 Å². The van der Waals surface area contributed by atoms with Crippen LogP contribution in [0.3, 0.4) is 0 Å². The predicted octanol–water partition coefficient (Wildman–Crippen LogP) is 2.41. The second kappa shape index (κ2) is 5.96. The summed E-state index contributed by atoms with van der Waals surface area (Å²) in [6.45, 7) is 4.06. The molecular formula is C14H18FNO2. The fraction of sp³-hybridized carbons (Fsp3) is 0.500. The Morgan fingerprint density at radius 1 is 1.56 bits per heavy atom. The van der Waals surface area contributed by atoms with Gasteiger partial charge in [0.15, 0.2) is 17.3 Å². The van der Waals surface area contributed by atoms with E-state index in [0.29, 0.717) is 24.5 Å². The Balaban J connectivity index is 2.03. The molecule has 18 heavy (non-hydrogen) atoms. The first-order valence-corrected chi connectivity index (χ1v) is 6.37. The fourth-order valence-electron chi connectivity index (χ4n) is 2.22. The maximum absolute atomic E-state index is 13.6. The highest BCUT2D eigenvalue weighted by molar-refractivity contribution is 5.96. The number of ether oxygens (including phenoxy) is 1. The monoisotopic (exact) mass is 251 g/mol. The molecule has 0 bridgehead atoms. The van der Waals surface area contributed by atoms with Crippen LogP contribution in [0.1, 0.15) is 30.1 Å². The molecule has 1 aliphatic heterocycles. The van der Waals surface area contributed by atoms with E-state index < -0.39 is 5.82 Å². The SMILES string of the molecule is CCOc1ccc(C(=O)CC2CCNC2)cc1F. The van der Waals surface area contributed by atoms with E-state index in [-0.39, 0.29) is 11.5 Å². The third-order valence-electron chi connectivity index (χ3n) is 3.19. The Kier molecular flexibility index (Phi) is 4.31. The van der Waals surface area contributed by atoms with E-state index in [4.69, 9.17) is 4.74 Å². The van der Waals surface area contributed by atoms with Crippen molar-refractivity contribution in [2.75, 3.05) is 19.7 Å². The molecule has 0 aromatic heterocycles. The van der Waals surface area contributed by atoms with Gasteiger partial charge < -0.3 is 10.1 Å². The minimum absolute atomic E-state index is 0.00523. The lowest BCUT2D eigenvalue weighted by molar-refractivity contribution is 0.0964. The molecule has 0 radical (unpaired) electrons. The van der Waals surface area contributed by atoms with Gasteiger partial charge in [0.05, 0.1) is 6.61 Å². The number of carbonyl (C=O) groups is 1. The van der Waals surface area contributed by atoms with Gasteiger partial charge in [-0.3, -0.25) is 4.79 Å². The summed E-state index contributed by atoms with van der Waals surface area (Å²) < 4.78 is 18.7. The zero-order chi connectivity index (χ0) is 13.0. The summed E-state index contributed by atoms with van der Waals surface area (Å²) in [4.78, 5) is 12.0. The van der Waals surface area contributed by atoms with Gasteiger partial charge >= 0.3 is 0 Å². The van der Waals surface area contributed by atoms with Crippen LogP contribution in [-0.2, 0) is 0 Å². The van der Waals surface area contributed by atoms with E-state index in [2.05, 4.69) is 5.32 Å². The van der Waals surface area contributed by atoms with Crippen LogP contribution in [0.4, 0.5) is 4.39 Å². The Morgan fingerprint density at radius 2 is 2.39 bits per heavy atom. The topological polar surface area (TPSA) is 38.3 Å². The Hall–Kier alpha value is -1.42. The van der Waals surface area contributed by atoms with Gasteiger partial charge in [0, 0.05) is 12.0 Å². The average Bonchev–Trinajstić information content (AvgIpc) is 2.84. The molecular weight excluding hydrogens is 233 g/mol. The van der Waals surface area contributed by atoms with Gasteiger partial charge in [-0.2, -0.15) is 0 Å². The number of halogens is 1. The highest BCUT2D eigenvalue weighted by Crippen LogP contribution is 2.21. The summed E-state index contributed by atoms with van der Waals surface area (Å²) >= 11 is 0. The quantitative estimate of drug-likeness (QED) is 0.817. The number of hydrogen-bond acceptors (Lipinski definition) is 3. The molecule has 1 heterocycles. The van der Waals surface area contributed by atoms with Crippen LogP contribution in [0.2, 0.25) is 0 Å². The number of benzene rings is 1. The maximum Gasteiger partial charge on any atom is 0.165 e. The molecule has 1 aromatic rings. The predicted molar refractivity (Wildman–Crippen MR) is 67.5 cm³/mol. The summed E-state index contributed by atoms with van der Waals surface area (Å²) in [5, 5.41) is 3.22. The molecule has 0 amide bonds. The first-order chi connectivity index (χ1) is 8.70. The number of carbonyl (C=O) groups excluding carboxylic acids is 1. The molecule has 1 aromatic carbocycles. The number of rotatable bonds is 5. The summed E-state index contributed by atoms with van der Waals surface area (Å²) in [5.74, 6) is 0.126. The number of Topliss-reactive ketones (excluding diaryl/α,β-unsaturated/α-hetero) is 1. The first kappa shape index (κ1) is 13.0. The van der Waals surface area contributed by atoms with Gasteiger partial charge in [-0.25, -0.2) is 4.39 Å². The van der Waals surface area contributed by atoms with Crippen molar-refractivity contribution in [1.82, 2.24) is 5.32 Å². The Labute approximate surface area is 106 Å². The molecule has 1 unspecified atom stereocenters. The van der Waals surface area contributed by atoms with Crippen LogP contribution in [0.25, 0.3) is 0 Å². The standard InChI is InChI=1S/C14H18FNO2/c1-2-18-14-4-3-11(8-12(14)15)13(17)7-10-5-6-16-9-10/h3-4,8,10,16H,2,5-7,9H2,1H3. The van der Waals surface area contributed by atoms with Crippen LogP contribution in [0.15, 0.2) is 18.2 Å². The number of nitrogens with one attached hydrogen (secondary N) is 1. The van der Waals surface area contributed by atoms with Gasteiger partial charge in [0.2, 0.25) is 0 Å². The van der Waals surface area contributed by atoms with E-state index in [0.717, 1.165) is 19.5 Å². The van der Waals surface area contributed by atoms with E-state index >= 15 is 0 Å². The van der Waals surface area contributed by atoms with Crippen LogP contribution in [0, 0.1) is 11.7 Å². The summed E-state index contributed by atoms with van der Waals surface area (Å²) in [6.07, 6.45) is 1.51. The molecule has 2 rings (SSSR count).